The van der Waals surface area contributed by atoms with E-state index < -0.39 is 5.91 Å². The highest BCUT2D eigenvalue weighted by atomic mass is 35.5. The molecule has 0 aromatic heterocycles. The first kappa shape index (κ1) is 18.6. The van der Waals surface area contributed by atoms with Crippen LogP contribution in [0.15, 0.2) is 42.5 Å². The van der Waals surface area contributed by atoms with Crippen LogP contribution in [0.3, 0.4) is 0 Å². The van der Waals surface area contributed by atoms with Gasteiger partial charge < -0.3 is 10.6 Å². The SMILES string of the molecule is O=C(CC(=O)Nc1ccc(Cl)c(Cl)c1)NCCc1cccc(Cl)c1. The summed E-state index contributed by atoms with van der Waals surface area (Å²) in [6.45, 7) is 0.430. The Kier molecular flexibility index (Phi) is 6.91. The van der Waals surface area contributed by atoms with Gasteiger partial charge in [-0.05, 0) is 42.3 Å². The van der Waals surface area contributed by atoms with Crippen LogP contribution >= 0.6 is 34.8 Å². The van der Waals surface area contributed by atoms with Gasteiger partial charge in [-0.2, -0.15) is 0 Å². The third-order valence-corrected chi connectivity index (χ3v) is 4.12. The van der Waals surface area contributed by atoms with Crippen molar-refractivity contribution in [3.8, 4) is 0 Å². The zero-order chi connectivity index (χ0) is 17.5. The first-order valence-corrected chi connectivity index (χ1v) is 8.33. The lowest BCUT2D eigenvalue weighted by Gasteiger charge is -2.08. The predicted molar refractivity (Wildman–Crippen MR) is 97.9 cm³/mol. The fourth-order valence-corrected chi connectivity index (χ4v) is 2.54. The van der Waals surface area contributed by atoms with Gasteiger partial charge in [0.2, 0.25) is 11.8 Å². The van der Waals surface area contributed by atoms with E-state index in [0.717, 1.165) is 5.56 Å². The van der Waals surface area contributed by atoms with E-state index >= 15 is 0 Å². The van der Waals surface area contributed by atoms with Crippen LogP contribution in [-0.4, -0.2) is 18.4 Å². The third-order valence-electron chi connectivity index (χ3n) is 3.15. The largest absolute Gasteiger partial charge is 0.355 e. The van der Waals surface area contributed by atoms with E-state index in [0.29, 0.717) is 33.7 Å². The minimum absolute atomic E-state index is 0.268. The summed E-state index contributed by atoms with van der Waals surface area (Å²) in [4.78, 5) is 23.6. The van der Waals surface area contributed by atoms with Gasteiger partial charge in [-0.25, -0.2) is 0 Å². The molecule has 0 radical (unpaired) electrons. The van der Waals surface area contributed by atoms with Crippen molar-refractivity contribution in [1.29, 1.82) is 0 Å². The minimum atomic E-state index is -0.423. The Morgan fingerprint density at radius 1 is 0.917 bits per heavy atom. The topological polar surface area (TPSA) is 58.2 Å². The van der Waals surface area contributed by atoms with Crippen molar-refractivity contribution in [2.75, 3.05) is 11.9 Å². The monoisotopic (exact) mass is 384 g/mol. The van der Waals surface area contributed by atoms with Crippen LogP contribution in [0.2, 0.25) is 15.1 Å². The maximum Gasteiger partial charge on any atom is 0.233 e. The van der Waals surface area contributed by atoms with Crippen LogP contribution in [0, 0.1) is 0 Å². The van der Waals surface area contributed by atoms with Gasteiger partial charge in [0.25, 0.3) is 0 Å². The molecule has 2 amide bonds. The smallest absolute Gasteiger partial charge is 0.233 e. The van der Waals surface area contributed by atoms with E-state index in [2.05, 4.69) is 10.6 Å². The molecule has 24 heavy (non-hydrogen) atoms. The third kappa shape index (κ3) is 6.04. The number of benzene rings is 2. The second kappa shape index (κ2) is 8.92. The van der Waals surface area contributed by atoms with Gasteiger partial charge in [-0.15, -0.1) is 0 Å². The van der Waals surface area contributed by atoms with Crippen LogP contribution in [0.4, 0.5) is 5.69 Å². The van der Waals surface area contributed by atoms with Gasteiger partial charge in [0.05, 0.1) is 10.0 Å². The molecule has 0 spiro atoms. The number of rotatable bonds is 6. The molecule has 2 N–H and O–H groups in total. The van der Waals surface area contributed by atoms with Crippen LogP contribution in [0.1, 0.15) is 12.0 Å². The van der Waals surface area contributed by atoms with Crippen molar-refractivity contribution >= 4 is 52.3 Å². The molecule has 126 valence electrons. The van der Waals surface area contributed by atoms with E-state index in [1.54, 1.807) is 18.2 Å². The lowest BCUT2D eigenvalue weighted by Crippen LogP contribution is -2.29. The molecule has 2 aromatic rings. The summed E-state index contributed by atoms with van der Waals surface area (Å²) in [6, 6.07) is 12.1. The number of hydrogen-bond acceptors (Lipinski definition) is 2. The maximum atomic E-state index is 11.8. The van der Waals surface area contributed by atoms with Crippen LogP contribution in [-0.2, 0) is 16.0 Å². The van der Waals surface area contributed by atoms with Crippen molar-refractivity contribution in [3.63, 3.8) is 0 Å². The summed E-state index contributed by atoms with van der Waals surface area (Å²) in [7, 11) is 0. The average molecular weight is 386 g/mol. The number of anilines is 1. The molecule has 0 saturated carbocycles. The van der Waals surface area contributed by atoms with Gasteiger partial charge in [-0.1, -0.05) is 46.9 Å². The Bertz CT molecular complexity index is 750. The summed E-state index contributed by atoms with van der Waals surface area (Å²) >= 11 is 17.6. The molecule has 0 aliphatic rings. The maximum absolute atomic E-state index is 11.8. The normalized spacial score (nSPS) is 10.3. The number of nitrogens with one attached hydrogen (secondary N) is 2. The molecule has 0 heterocycles. The van der Waals surface area contributed by atoms with E-state index in [9.17, 15) is 9.59 Å². The van der Waals surface area contributed by atoms with E-state index in [-0.39, 0.29) is 12.3 Å². The Morgan fingerprint density at radius 2 is 1.71 bits per heavy atom. The van der Waals surface area contributed by atoms with Gasteiger partial charge in [-0.3, -0.25) is 9.59 Å². The molecule has 0 fully saturated rings. The molecule has 4 nitrogen and oxygen atoms in total. The average Bonchev–Trinajstić information content (AvgIpc) is 2.51. The zero-order valence-corrected chi connectivity index (χ0v) is 14.9. The fraction of sp³-hybridized carbons (Fsp3) is 0.176. The molecule has 7 heteroatoms. The molecule has 0 bridgehead atoms. The number of carbonyl (C=O) groups excluding carboxylic acids is 2. The Hall–Kier alpha value is -1.75. The molecule has 0 aliphatic heterocycles. The Labute approximate surface area is 155 Å². The van der Waals surface area contributed by atoms with Gasteiger partial charge >= 0.3 is 0 Å². The molecule has 0 saturated heterocycles. The lowest BCUT2D eigenvalue weighted by atomic mass is 10.1. The van der Waals surface area contributed by atoms with Crippen molar-refractivity contribution in [2.45, 2.75) is 12.8 Å². The predicted octanol–water partition coefficient (Wildman–Crippen LogP) is 4.33. The van der Waals surface area contributed by atoms with Crippen LogP contribution in [0.25, 0.3) is 0 Å². The van der Waals surface area contributed by atoms with Crippen LogP contribution in [0.5, 0.6) is 0 Å². The van der Waals surface area contributed by atoms with Gasteiger partial charge in [0.1, 0.15) is 6.42 Å². The molecular formula is C17H15Cl3N2O2. The summed E-state index contributed by atoms with van der Waals surface area (Å²) in [5, 5.41) is 6.68. The summed E-state index contributed by atoms with van der Waals surface area (Å²) < 4.78 is 0. The van der Waals surface area contributed by atoms with Gasteiger partial charge in [0, 0.05) is 17.3 Å². The van der Waals surface area contributed by atoms with Crippen molar-refractivity contribution in [2.24, 2.45) is 0 Å². The molecule has 0 aliphatic carbocycles. The Morgan fingerprint density at radius 3 is 2.42 bits per heavy atom. The quantitative estimate of drug-likeness (QED) is 0.727. The summed E-state index contributed by atoms with van der Waals surface area (Å²) in [6.07, 6.45) is 0.372. The zero-order valence-electron chi connectivity index (χ0n) is 12.6. The number of hydrogen-bond donors (Lipinski definition) is 2. The summed E-state index contributed by atoms with van der Waals surface area (Å²) in [5.74, 6) is -0.775. The van der Waals surface area contributed by atoms with Crippen molar-refractivity contribution in [1.82, 2.24) is 5.32 Å². The highest BCUT2D eigenvalue weighted by molar-refractivity contribution is 6.42. The highest BCUT2D eigenvalue weighted by Crippen LogP contribution is 2.25. The van der Waals surface area contributed by atoms with E-state index in [1.165, 1.54) is 6.07 Å². The molecule has 0 unspecified atom stereocenters. The summed E-state index contributed by atoms with van der Waals surface area (Å²) in [5.41, 5.74) is 1.50. The number of carbonyl (C=O) groups is 2. The van der Waals surface area contributed by atoms with Crippen molar-refractivity contribution in [3.05, 3.63) is 63.1 Å². The molecule has 2 aromatic carbocycles. The van der Waals surface area contributed by atoms with Crippen LogP contribution < -0.4 is 10.6 Å². The number of amides is 2. The van der Waals surface area contributed by atoms with Gasteiger partial charge in [0.15, 0.2) is 0 Å². The molecule has 0 atom stereocenters. The second-order valence-electron chi connectivity index (χ2n) is 5.08. The van der Waals surface area contributed by atoms with E-state index in [4.69, 9.17) is 34.8 Å². The second-order valence-corrected chi connectivity index (χ2v) is 6.33. The first-order valence-electron chi connectivity index (χ1n) is 7.20. The molecular weight excluding hydrogens is 371 g/mol. The highest BCUT2D eigenvalue weighted by Gasteiger charge is 2.10. The number of halogens is 3. The Balaban J connectivity index is 1.75. The first-order chi connectivity index (χ1) is 11.4. The van der Waals surface area contributed by atoms with E-state index in [1.807, 2.05) is 18.2 Å². The standard InChI is InChI=1S/C17H15Cl3N2O2/c18-12-3-1-2-11(8-12)6-7-21-16(23)10-17(24)22-13-4-5-14(19)15(20)9-13/h1-5,8-9H,6-7,10H2,(H,21,23)(H,22,24). The molecule has 2 rings (SSSR count). The fourth-order valence-electron chi connectivity index (χ4n) is 2.03. The lowest BCUT2D eigenvalue weighted by molar-refractivity contribution is -0.126. The minimum Gasteiger partial charge on any atom is -0.355 e. The van der Waals surface area contributed by atoms with Crippen molar-refractivity contribution < 1.29 is 9.59 Å².